The molecule has 3 nitrogen and oxygen atoms in total. The highest BCUT2D eigenvalue weighted by molar-refractivity contribution is 5.59. The number of benzene rings is 1. The lowest BCUT2D eigenvalue weighted by Gasteiger charge is -2.25. The fourth-order valence-electron chi connectivity index (χ4n) is 1.88. The zero-order valence-corrected chi connectivity index (χ0v) is 6.91. The second-order valence-corrected chi connectivity index (χ2v) is 3.25. The zero-order valence-electron chi connectivity index (χ0n) is 6.91. The molecule has 0 aromatic heterocycles. The van der Waals surface area contributed by atoms with Crippen molar-refractivity contribution < 1.29 is 9.47 Å². The molecular weight excluding hydrogens is 166 g/mol. The molecule has 0 saturated carbocycles. The van der Waals surface area contributed by atoms with E-state index in [0.717, 1.165) is 29.0 Å². The van der Waals surface area contributed by atoms with E-state index < -0.39 is 0 Å². The van der Waals surface area contributed by atoms with E-state index in [2.05, 4.69) is 6.07 Å². The number of nitriles is 1. The number of rotatable bonds is 0. The van der Waals surface area contributed by atoms with Gasteiger partial charge in [-0.15, -0.1) is 0 Å². The average Bonchev–Trinajstić information content (AvgIpc) is 2.52. The maximum atomic E-state index is 8.76. The van der Waals surface area contributed by atoms with Crippen LogP contribution >= 0.6 is 0 Å². The third-order valence-corrected chi connectivity index (χ3v) is 2.62. The predicted molar refractivity (Wildman–Crippen MR) is 44.6 cm³/mol. The Bertz CT molecular complexity index is 420. The van der Waals surface area contributed by atoms with Crippen LogP contribution in [-0.4, -0.2) is 6.79 Å². The minimum atomic E-state index is 0.0597. The molecule has 0 N–H and O–H groups in total. The van der Waals surface area contributed by atoms with Crippen molar-refractivity contribution >= 4 is 0 Å². The highest BCUT2D eigenvalue weighted by Crippen LogP contribution is 2.47. The van der Waals surface area contributed by atoms with Gasteiger partial charge in [0, 0.05) is 5.56 Å². The first kappa shape index (κ1) is 6.79. The first-order chi connectivity index (χ1) is 6.40. The molecule has 1 aromatic rings. The normalized spacial score (nSPS) is 21.6. The van der Waals surface area contributed by atoms with Crippen LogP contribution in [0.2, 0.25) is 0 Å². The third-order valence-electron chi connectivity index (χ3n) is 2.62. The molecule has 1 unspecified atom stereocenters. The summed E-state index contributed by atoms with van der Waals surface area (Å²) in [5.41, 5.74) is 2.26. The zero-order chi connectivity index (χ0) is 8.84. The van der Waals surface area contributed by atoms with Crippen molar-refractivity contribution in [3.63, 3.8) is 0 Å². The van der Waals surface area contributed by atoms with E-state index in [1.54, 1.807) is 0 Å². The summed E-state index contributed by atoms with van der Waals surface area (Å²) in [5, 5.41) is 8.76. The summed E-state index contributed by atoms with van der Waals surface area (Å²) >= 11 is 0. The number of nitrogens with zero attached hydrogens (tertiary/aromatic N) is 1. The average molecular weight is 173 g/mol. The molecule has 0 amide bonds. The van der Waals surface area contributed by atoms with E-state index in [1.165, 1.54) is 0 Å². The SMILES string of the molecule is N#CC1Cc2c1ccc1c2OCO1. The van der Waals surface area contributed by atoms with Crippen molar-refractivity contribution in [2.45, 2.75) is 12.3 Å². The van der Waals surface area contributed by atoms with Gasteiger partial charge in [0.05, 0.1) is 12.0 Å². The Labute approximate surface area is 75.5 Å². The summed E-state index contributed by atoms with van der Waals surface area (Å²) in [7, 11) is 0. The molecule has 1 atom stereocenters. The van der Waals surface area contributed by atoms with Crippen molar-refractivity contribution in [1.29, 1.82) is 5.26 Å². The van der Waals surface area contributed by atoms with E-state index in [9.17, 15) is 0 Å². The second-order valence-electron chi connectivity index (χ2n) is 3.25. The Morgan fingerprint density at radius 2 is 2.31 bits per heavy atom. The Morgan fingerprint density at radius 3 is 3.15 bits per heavy atom. The molecule has 0 spiro atoms. The summed E-state index contributed by atoms with van der Waals surface area (Å²) in [6.45, 7) is 0.309. The van der Waals surface area contributed by atoms with E-state index in [0.29, 0.717) is 6.79 Å². The summed E-state index contributed by atoms with van der Waals surface area (Å²) in [6.07, 6.45) is 0.804. The molecule has 2 aliphatic rings. The highest BCUT2D eigenvalue weighted by Gasteiger charge is 2.33. The van der Waals surface area contributed by atoms with Crippen molar-refractivity contribution in [3.8, 4) is 17.6 Å². The number of hydrogen-bond acceptors (Lipinski definition) is 3. The van der Waals surface area contributed by atoms with E-state index >= 15 is 0 Å². The standard InChI is InChI=1S/C10H7NO2/c11-4-6-3-8-7(6)1-2-9-10(8)13-5-12-9/h1-2,6H,3,5H2. The lowest BCUT2D eigenvalue weighted by atomic mass is 9.78. The van der Waals surface area contributed by atoms with Crippen LogP contribution in [0.5, 0.6) is 11.5 Å². The van der Waals surface area contributed by atoms with Crippen LogP contribution < -0.4 is 9.47 Å². The summed E-state index contributed by atoms with van der Waals surface area (Å²) in [4.78, 5) is 0. The summed E-state index contributed by atoms with van der Waals surface area (Å²) < 4.78 is 10.6. The van der Waals surface area contributed by atoms with Crippen molar-refractivity contribution in [2.24, 2.45) is 0 Å². The van der Waals surface area contributed by atoms with E-state index in [1.807, 2.05) is 12.1 Å². The summed E-state index contributed by atoms with van der Waals surface area (Å²) in [6, 6.07) is 6.09. The van der Waals surface area contributed by atoms with Gasteiger partial charge in [-0.25, -0.2) is 0 Å². The van der Waals surface area contributed by atoms with Gasteiger partial charge < -0.3 is 9.47 Å². The Morgan fingerprint density at radius 1 is 1.38 bits per heavy atom. The van der Waals surface area contributed by atoms with Crippen molar-refractivity contribution in [1.82, 2.24) is 0 Å². The molecule has 1 aromatic carbocycles. The maximum Gasteiger partial charge on any atom is 0.231 e. The number of hydrogen-bond donors (Lipinski definition) is 0. The smallest absolute Gasteiger partial charge is 0.231 e. The third kappa shape index (κ3) is 0.726. The molecular formula is C10H7NO2. The molecule has 1 heterocycles. The molecule has 0 bridgehead atoms. The van der Waals surface area contributed by atoms with Gasteiger partial charge in [-0.05, 0) is 18.1 Å². The number of fused-ring (bicyclic) bond motifs is 3. The second kappa shape index (κ2) is 2.17. The van der Waals surface area contributed by atoms with Crippen LogP contribution in [0.4, 0.5) is 0 Å². The molecule has 13 heavy (non-hydrogen) atoms. The van der Waals surface area contributed by atoms with Crippen LogP contribution in [0.15, 0.2) is 12.1 Å². The van der Waals surface area contributed by atoms with Crippen LogP contribution in [0.3, 0.4) is 0 Å². The molecule has 1 aliphatic carbocycles. The lowest BCUT2D eigenvalue weighted by Crippen LogP contribution is -2.15. The van der Waals surface area contributed by atoms with Crippen LogP contribution in [0, 0.1) is 11.3 Å². The molecule has 3 heteroatoms. The van der Waals surface area contributed by atoms with Gasteiger partial charge in [0.1, 0.15) is 0 Å². The molecule has 3 rings (SSSR count). The Hall–Kier alpha value is -1.69. The van der Waals surface area contributed by atoms with E-state index in [4.69, 9.17) is 14.7 Å². The maximum absolute atomic E-state index is 8.76. The van der Waals surface area contributed by atoms with Crippen LogP contribution in [0.25, 0.3) is 0 Å². The van der Waals surface area contributed by atoms with Gasteiger partial charge in [-0.3, -0.25) is 0 Å². The van der Waals surface area contributed by atoms with Gasteiger partial charge in [0.25, 0.3) is 0 Å². The fraction of sp³-hybridized carbons (Fsp3) is 0.300. The monoisotopic (exact) mass is 173 g/mol. The molecule has 0 radical (unpaired) electrons. The van der Waals surface area contributed by atoms with Gasteiger partial charge >= 0.3 is 0 Å². The molecule has 0 fully saturated rings. The number of ether oxygens (including phenoxy) is 2. The molecule has 64 valence electrons. The van der Waals surface area contributed by atoms with Gasteiger partial charge in [0.2, 0.25) is 6.79 Å². The van der Waals surface area contributed by atoms with Crippen LogP contribution in [0.1, 0.15) is 17.0 Å². The highest BCUT2D eigenvalue weighted by atomic mass is 16.7. The molecule has 0 saturated heterocycles. The predicted octanol–water partition coefficient (Wildman–Crippen LogP) is 1.58. The van der Waals surface area contributed by atoms with Crippen LogP contribution in [-0.2, 0) is 6.42 Å². The van der Waals surface area contributed by atoms with Gasteiger partial charge in [-0.1, -0.05) is 6.07 Å². The first-order valence-corrected chi connectivity index (χ1v) is 4.21. The topological polar surface area (TPSA) is 42.2 Å². The lowest BCUT2D eigenvalue weighted by molar-refractivity contribution is 0.173. The first-order valence-electron chi connectivity index (χ1n) is 4.21. The Balaban J connectivity index is 2.15. The van der Waals surface area contributed by atoms with E-state index in [-0.39, 0.29) is 5.92 Å². The quantitative estimate of drug-likeness (QED) is 0.598. The Kier molecular flexibility index (Phi) is 1.13. The van der Waals surface area contributed by atoms with Crippen molar-refractivity contribution in [3.05, 3.63) is 23.3 Å². The van der Waals surface area contributed by atoms with Crippen molar-refractivity contribution in [2.75, 3.05) is 6.79 Å². The molecule has 1 aliphatic heterocycles. The minimum absolute atomic E-state index is 0.0597. The van der Waals surface area contributed by atoms with Gasteiger partial charge in [-0.2, -0.15) is 5.26 Å². The fourth-order valence-corrected chi connectivity index (χ4v) is 1.88. The van der Waals surface area contributed by atoms with Gasteiger partial charge in [0.15, 0.2) is 11.5 Å². The largest absolute Gasteiger partial charge is 0.454 e. The minimum Gasteiger partial charge on any atom is -0.454 e. The summed E-state index contributed by atoms with van der Waals surface area (Å²) in [5.74, 6) is 1.73.